The van der Waals surface area contributed by atoms with Crippen LogP contribution in [-0.4, -0.2) is 67.9 Å². The second-order valence-electron chi connectivity index (χ2n) is 10.3. The summed E-state index contributed by atoms with van der Waals surface area (Å²) in [5, 5.41) is 3.81. The number of hydrogen-bond donors (Lipinski definition) is 1. The van der Waals surface area contributed by atoms with Crippen molar-refractivity contribution in [3.05, 3.63) is 29.8 Å². The first kappa shape index (κ1) is 23.9. The number of carbonyl (C=O) groups is 1. The lowest BCUT2D eigenvalue weighted by Crippen LogP contribution is -2.48. The molecule has 2 aliphatic rings. The van der Waals surface area contributed by atoms with Gasteiger partial charge in [-0.2, -0.15) is 0 Å². The Bertz CT molecular complexity index is 716. The fraction of sp³-hybridized carbons (Fsp3) is 0.720. The van der Waals surface area contributed by atoms with Crippen molar-refractivity contribution in [2.75, 3.05) is 40.3 Å². The number of rotatable bonds is 6. The van der Waals surface area contributed by atoms with Crippen molar-refractivity contribution in [2.24, 2.45) is 11.8 Å². The monoisotopic (exact) mass is 431 g/mol. The maximum absolute atomic E-state index is 12.5. The molecule has 4 atom stereocenters. The van der Waals surface area contributed by atoms with Crippen molar-refractivity contribution in [1.29, 1.82) is 0 Å². The summed E-state index contributed by atoms with van der Waals surface area (Å²) in [4.78, 5) is 16.9. The van der Waals surface area contributed by atoms with Gasteiger partial charge < -0.3 is 19.7 Å². The minimum atomic E-state index is -0.446. The highest BCUT2D eigenvalue weighted by molar-refractivity contribution is 5.68. The lowest BCUT2D eigenvalue weighted by Gasteiger charge is -2.37. The third-order valence-corrected chi connectivity index (χ3v) is 6.75. The van der Waals surface area contributed by atoms with Gasteiger partial charge in [0.05, 0.1) is 7.11 Å². The van der Waals surface area contributed by atoms with Crippen molar-refractivity contribution in [1.82, 2.24) is 15.1 Å². The van der Waals surface area contributed by atoms with E-state index in [4.69, 9.17) is 9.47 Å². The Morgan fingerprint density at radius 2 is 1.90 bits per heavy atom. The minimum absolute atomic E-state index is 0.179. The molecular formula is C25H41N3O3. The van der Waals surface area contributed by atoms with Crippen LogP contribution in [0.15, 0.2) is 24.3 Å². The Morgan fingerprint density at radius 3 is 2.55 bits per heavy atom. The highest BCUT2D eigenvalue weighted by atomic mass is 16.6. The van der Waals surface area contributed by atoms with Crippen LogP contribution in [-0.2, 0) is 4.74 Å². The summed E-state index contributed by atoms with van der Waals surface area (Å²) < 4.78 is 10.9. The lowest BCUT2D eigenvalue weighted by molar-refractivity contribution is 0.0147. The van der Waals surface area contributed by atoms with Gasteiger partial charge in [-0.05, 0) is 90.1 Å². The second kappa shape index (κ2) is 10.2. The molecule has 6 heteroatoms. The highest BCUT2D eigenvalue weighted by Gasteiger charge is 2.34. The van der Waals surface area contributed by atoms with E-state index in [0.29, 0.717) is 23.9 Å². The van der Waals surface area contributed by atoms with Gasteiger partial charge in [-0.25, -0.2) is 4.79 Å². The molecule has 2 saturated heterocycles. The molecule has 31 heavy (non-hydrogen) atoms. The molecule has 0 radical (unpaired) electrons. The fourth-order valence-corrected chi connectivity index (χ4v) is 4.98. The number of carbonyl (C=O) groups excluding carboxylic acids is 1. The van der Waals surface area contributed by atoms with Crippen LogP contribution >= 0.6 is 0 Å². The Labute approximate surface area is 188 Å². The molecule has 2 fully saturated rings. The van der Waals surface area contributed by atoms with Crippen molar-refractivity contribution < 1.29 is 14.3 Å². The first-order valence-corrected chi connectivity index (χ1v) is 11.7. The maximum atomic E-state index is 12.5. The Hall–Kier alpha value is -1.79. The van der Waals surface area contributed by atoms with Crippen LogP contribution in [0.2, 0.25) is 0 Å². The van der Waals surface area contributed by atoms with E-state index in [-0.39, 0.29) is 6.09 Å². The Kier molecular flexibility index (Phi) is 7.87. The van der Waals surface area contributed by atoms with E-state index in [9.17, 15) is 4.79 Å². The van der Waals surface area contributed by atoms with Crippen LogP contribution in [0.4, 0.5) is 4.79 Å². The normalized spacial score (nSPS) is 26.0. The first-order chi connectivity index (χ1) is 14.7. The van der Waals surface area contributed by atoms with Crippen molar-refractivity contribution in [2.45, 2.75) is 64.6 Å². The molecule has 0 bridgehead atoms. The molecule has 0 unspecified atom stereocenters. The quantitative estimate of drug-likeness (QED) is 0.727. The average Bonchev–Trinajstić information content (AvgIpc) is 3.11. The van der Waals surface area contributed by atoms with Gasteiger partial charge in [0.1, 0.15) is 11.4 Å². The number of nitrogens with zero attached hydrogens (tertiary/aromatic N) is 2. The molecule has 0 spiro atoms. The van der Waals surface area contributed by atoms with Crippen LogP contribution in [0.1, 0.15) is 58.6 Å². The van der Waals surface area contributed by atoms with Gasteiger partial charge >= 0.3 is 6.09 Å². The van der Waals surface area contributed by atoms with Crippen LogP contribution in [0, 0.1) is 11.8 Å². The summed E-state index contributed by atoms with van der Waals surface area (Å²) in [5.41, 5.74) is 0.910. The second-order valence-corrected chi connectivity index (χ2v) is 10.3. The van der Waals surface area contributed by atoms with E-state index in [1.807, 2.05) is 25.7 Å². The Morgan fingerprint density at radius 1 is 1.19 bits per heavy atom. The van der Waals surface area contributed by atoms with Crippen LogP contribution in [0.5, 0.6) is 5.75 Å². The van der Waals surface area contributed by atoms with Gasteiger partial charge in [0.25, 0.3) is 0 Å². The molecule has 2 heterocycles. The summed E-state index contributed by atoms with van der Waals surface area (Å²) in [6.45, 7) is 11.7. The van der Waals surface area contributed by atoms with E-state index in [0.717, 1.165) is 44.8 Å². The number of ether oxygens (including phenoxy) is 2. The molecule has 1 aromatic carbocycles. The largest absolute Gasteiger partial charge is 0.497 e. The average molecular weight is 432 g/mol. The SMILES string of the molecule is COc1ccc([C@@H]2[C@H](CN[C@@H](C)[C@@H]3CCCN(C(=O)OC(C)(C)C)C3)CCN2C)cc1. The molecule has 174 valence electrons. The predicted molar refractivity (Wildman–Crippen MR) is 124 cm³/mol. The molecule has 6 nitrogen and oxygen atoms in total. The van der Waals surface area contributed by atoms with Gasteiger partial charge in [0, 0.05) is 31.7 Å². The standard InChI is InChI=1S/C25H41N3O3/c1-18(21-8-7-14-28(17-21)24(29)31-25(2,3)4)26-16-20-13-15-27(5)23(20)19-9-11-22(30-6)12-10-19/h9-12,18,20-21,23,26H,7-8,13-17H2,1-6H3/t18-,20-,21+,23+/m0/s1. The number of piperidine rings is 1. The van der Waals surface area contributed by atoms with Gasteiger partial charge in [0.15, 0.2) is 0 Å². The van der Waals surface area contributed by atoms with E-state index < -0.39 is 5.60 Å². The molecule has 0 aromatic heterocycles. The third-order valence-electron chi connectivity index (χ3n) is 6.75. The number of methoxy groups -OCH3 is 1. The zero-order valence-corrected chi connectivity index (χ0v) is 20.2. The molecule has 1 amide bonds. The van der Waals surface area contributed by atoms with E-state index >= 15 is 0 Å². The van der Waals surface area contributed by atoms with Crippen LogP contribution < -0.4 is 10.1 Å². The molecule has 1 aromatic rings. The van der Waals surface area contributed by atoms with E-state index in [2.05, 4.69) is 48.5 Å². The van der Waals surface area contributed by atoms with Crippen LogP contribution in [0.3, 0.4) is 0 Å². The molecular weight excluding hydrogens is 390 g/mol. The zero-order chi connectivity index (χ0) is 22.6. The Balaban J connectivity index is 1.55. The van der Waals surface area contributed by atoms with Gasteiger partial charge in [-0.15, -0.1) is 0 Å². The van der Waals surface area contributed by atoms with Crippen LogP contribution in [0.25, 0.3) is 0 Å². The molecule has 0 aliphatic carbocycles. The van der Waals surface area contributed by atoms with Crippen molar-refractivity contribution >= 4 is 6.09 Å². The first-order valence-electron chi connectivity index (χ1n) is 11.7. The zero-order valence-electron chi connectivity index (χ0n) is 20.2. The maximum Gasteiger partial charge on any atom is 0.410 e. The van der Waals surface area contributed by atoms with Crippen molar-refractivity contribution in [3.63, 3.8) is 0 Å². The lowest BCUT2D eigenvalue weighted by atomic mass is 9.90. The van der Waals surface area contributed by atoms with E-state index in [1.54, 1.807) is 7.11 Å². The summed E-state index contributed by atoms with van der Waals surface area (Å²) in [6, 6.07) is 9.30. The van der Waals surface area contributed by atoms with E-state index in [1.165, 1.54) is 12.0 Å². The smallest absolute Gasteiger partial charge is 0.410 e. The van der Waals surface area contributed by atoms with Gasteiger partial charge in [-0.3, -0.25) is 4.90 Å². The topological polar surface area (TPSA) is 54.0 Å². The number of likely N-dealkylation sites (tertiary alicyclic amines) is 2. The molecule has 3 rings (SSSR count). The fourth-order valence-electron chi connectivity index (χ4n) is 4.98. The number of amides is 1. The minimum Gasteiger partial charge on any atom is -0.497 e. The number of nitrogens with one attached hydrogen (secondary N) is 1. The summed E-state index contributed by atoms with van der Waals surface area (Å²) >= 11 is 0. The number of hydrogen-bond acceptors (Lipinski definition) is 5. The summed E-state index contributed by atoms with van der Waals surface area (Å²) in [5.74, 6) is 1.94. The van der Waals surface area contributed by atoms with Crippen molar-refractivity contribution in [3.8, 4) is 5.75 Å². The summed E-state index contributed by atoms with van der Waals surface area (Å²) in [6.07, 6.45) is 3.21. The number of benzene rings is 1. The van der Waals surface area contributed by atoms with Gasteiger partial charge in [0.2, 0.25) is 0 Å². The molecule has 2 aliphatic heterocycles. The van der Waals surface area contributed by atoms with Gasteiger partial charge in [-0.1, -0.05) is 12.1 Å². The summed E-state index contributed by atoms with van der Waals surface area (Å²) in [7, 11) is 3.93. The molecule has 0 saturated carbocycles. The molecule has 1 N–H and O–H groups in total. The predicted octanol–water partition coefficient (Wildman–Crippen LogP) is 4.31. The third kappa shape index (κ3) is 6.36. The highest BCUT2D eigenvalue weighted by Crippen LogP contribution is 2.36.